The van der Waals surface area contributed by atoms with Gasteiger partial charge in [-0.3, -0.25) is 4.79 Å². The minimum atomic E-state index is -0.570. The summed E-state index contributed by atoms with van der Waals surface area (Å²) in [6.07, 6.45) is 0. The first-order valence-electron chi connectivity index (χ1n) is 5.43. The summed E-state index contributed by atoms with van der Waals surface area (Å²) in [7, 11) is 3.10. The van der Waals surface area contributed by atoms with Crippen LogP contribution in [0.3, 0.4) is 0 Å². The van der Waals surface area contributed by atoms with E-state index in [4.69, 9.17) is 15.2 Å². The van der Waals surface area contributed by atoms with E-state index in [0.717, 1.165) is 0 Å². The van der Waals surface area contributed by atoms with Crippen LogP contribution in [0.15, 0.2) is 18.2 Å². The quantitative estimate of drug-likeness (QED) is 0.794. The standard InChI is InChI=1S/C13H19NO3/c1-13(2,8-14)12(15)9-5-6-10(16-3)11(7-9)17-4/h5-7H,8,14H2,1-4H3. The van der Waals surface area contributed by atoms with Gasteiger partial charge in [-0.05, 0) is 18.2 Å². The Kier molecular flexibility index (Phi) is 4.12. The van der Waals surface area contributed by atoms with Crippen molar-refractivity contribution in [3.8, 4) is 11.5 Å². The van der Waals surface area contributed by atoms with Crippen LogP contribution in [-0.4, -0.2) is 26.5 Å². The van der Waals surface area contributed by atoms with E-state index < -0.39 is 5.41 Å². The minimum absolute atomic E-state index is 0.000882. The Balaban J connectivity index is 3.12. The van der Waals surface area contributed by atoms with Crippen molar-refractivity contribution >= 4 is 5.78 Å². The molecule has 0 aliphatic carbocycles. The largest absolute Gasteiger partial charge is 0.493 e. The highest BCUT2D eigenvalue weighted by atomic mass is 16.5. The maximum atomic E-state index is 12.2. The van der Waals surface area contributed by atoms with Crippen LogP contribution in [0, 0.1) is 5.41 Å². The molecule has 4 heteroatoms. The number of nitrogens with two attached hydrogens (primary N) is 1. The Bertz CT molecular complexity index is 413. The highest BCUT2D eigenvalue weighted by molar-refractivity contribution is 6.00. The van der Waals surface area contributed by atoms with Crippen molar-refractivity contribution in [1.29, 1.82) is 0 Å². The molecule has 0 atom stereocenters. The van der Waals surface area contributed by atoms with Crippen LogP contribution in [0.1, 0.15) is 24.2 Å². The van der Waals surface area contributed by atoms with Gasteiger partial charge in [0.1, 0.15) is 0 Å². The zero-order valence-electron chi connectivity index (χ0n) is 10.7. The number of hydrogen-bond acceptors (Lipinski definition) is 4. The van der Waals surface area contributed by atoms with Crippen molar-refractivity contribution in [2.75, 3.05) is 20.8 Å². The fourth-order valence-electron chi connectivity index (χ4n) is 1.46. The predicted molar refractivity (Wildman–Crippen MR) is 66.7 cm³/mol. The lowest BCUT2D eigenvalue weighted by Gasteiger charge is -2.21. The van der Waals surface area contributed by atoms with Gasteiger partial charge in [0, 0.05) is 17.5 Å². The molecule has 0 fully saturated rings. The van der Waals surface area contributed by atoms with Gasteiger partial charge in [-0.25, -0.2) is 0 Å². The summed E-state index contributed by atoms with van der Waals surface area (Å²) in [5, 5.41) is 0. The lowest BCUT2D eigenvalue weighted by atomic mass is 9.84. The average Bonchev–Trinajstić information content (AvgIpc) is 2.36. The first kappa shape index (κ1) is 13.5. The molecule has 0 unspecified atom stereocenters. The van der Waals surface area contributed by atoms with Gasteiger partial charge in [0.05, 0.1) is 14.2 Å². The molecule has 4 nitrogen and oxygen atoms in total. The van der Waals surface area contributed by atoms with Crippen LogP contribution in [0.25, 0.3) is 0 Å². The van der Waals surface area contributed by atoms with Gasteiger partial charge in [0.2, 0.25) is 0 Å². The van der Waals surface area contributed by atoms with E-state index in [-0.39, 0.29) is 5.78 Å². The minimum Gasteiger partial charge on any atom is -0.493 e. The van der Waals surface area contributed by atoms with Gasteiger partial charge >= 0.3 is 0 Å². The van der Waals surface area contributed by atoms with Crippen LogP contribution < -0.4 is 15.2 Å². The van der Waals surface area contributed by atoms with Gasteiger partial charge in [0.25, 0.3) is 0 Å². The van der Waals surface area contributed by atoms with Gasteiger partial charge in [-0.2, -0.15) is 0 Å². The van der Waals surface area contributed by atoms with E-state index in [1.54, 1.807) is 32.4 Å². The Morgan fingerprint density at radius 2 is 1.82 bits per heavy atom. The molecule has 1 aromatic carbocycles. The van der Waals surface area contributed by atoms with E-state index in [0.29, 0.717) is 23.6 Å². The fourth-order valence-corrected chi connectivity index (χ4v) is 1.46. The molecular formula is C13H19NO3. The third-order valence-electron chi connectivity index (χ3n) is 2.77. The van der Waals surface area contributed by atoms with E-state index in [1.807, 2.05) is 13.8 Å². The van der Waals surface area contributed by atoms with Gasteiger partial charge in [0.15, 0.2) is 17.3 Å². The molecule has 1 aromatic rings. The second-order valence-electron chi connectivity index (χ2n) is 4.49. The lowest BCUT2D eigenvalue weighted by molar-refractivity contribution is 0.0847. The molecule has 1 rings (SSSR count). The summed E-state index contributed by atoms with van der Waals surface area (Å²) < 4.78 is 10.3. The van der Waals surface area contributed by atoms with E-state index in [2.05, 4.69) is 0 Å². The number of carbonyl (C=O) groups excluding carboxylic acids is 1. The highest BCUT2D eigenvalue weighted by Gasteiger charge is 2.27. The number of ether oxygens (including phenoxy) is 2. The Labute approximate surface area is 102 Å². The summed E-state index contributed by atoms with van der Waals surface area (Å²) in [5.41, 5.74) is 5.61. The molecule has 0 heterocycles. The first-order chi connectivity index (χ1) is 7.96. The maximum Gasteiger partial charge on any atom is 0.169 e. The summed E-state index contributed by atoms with van der Waals surface area (Å²) in [5.74, 6) is 1.15. The topological polar surface area (TPSA) is 61.5 Å². The van der Waals surface area contributed by atoms with Gasteiger partial charge in [-0.15, -0.1) is 0 Å². The van der Waals surface area contributed by atoms with Crippen molar-refractivity contribution < 1.29 is 14.3 Å². The molecule has 0 saturated carbocycles. The van der Waals surface area contributed by atoms with Crippen molar-refractivity contribution in [3.05, 3.63) is 23.8 Å². The Morgan fingerprint density at radius 3 is 2.29 bits per heavy atom. The average molecular weight is 237 g/mol. The normalized spacial score (nSPS) is 11.1. The molecule has 0 bridgehead atoms. The number of methoxy groups -OCH3 is 2. The molecule has 0 radical (unpaired) electrons. The summed E-state index contributed by atoms with van der Waals surface area (Å²) in [4.78, 5) is 12.2. The number of Topliss-reactive ketones (excluding diaryl/α,β-unsaturated/α-hetero) is 1. The van der Waals surface area contributed by atoms with Crippen LogP contribution in [0.5, 0.6) is 11.5 Å². The molecule has 0 spiro atoms. The SMILES string of the molecule is COc1ccc(C(=O)C(C)(C)CN)cc1OC. The van der Waals surface area contributed by atoms with Gasteiger partial charge < -0.3 is 15.2 Å². The summed E-state index contributed by atoms with van der Waals surface area (Å²) in [6.45, 7) is 3.96. The monoisotopic (exact) mass is 237 g/mol. The molecule has 0 amide bonds. The van der Waals surface area contributed by atoms with E-state index >= 15 is 0 Å². The van der Waals surface area contributed by atoms with Crippen molar-refractivity contribution in [2.24, 2.45) is 11.1 Å². The molecular weight excluding hydrogens is 218 g/mol. The molecule has 0 saturated heterocycles. The van der Waals surface area contributed by atoms with Gasteiger partial charge in [-0.1, -0.05) is 13.8 Å². The molecule has 17 heavy (non-hydrogen) atoms. The summed E-state index contributed by atoms with van der Waals surface area (Å²) >= 11 is 0. The number of rotatable bonds is 5. The third kappa shape index (κ3) is 2.77. The Hall–Kier alpha value is -1.55. The number of ketones is 1. The van der Waals surface area contributed by atoms with Crippen molar-refractivity contribution in [3.63, 3.8) is 0 Å². The molecule has 0 aliphatic heterocycles. The van der Waals surface area contributed by atoms with E-state index in [1.165, 1.54) is 0 Å². The molecule has 0 aliphatic rings. The number of benzene rings is 1. The van der Waals surface area contributed by atoms with Crippen LogP contribution >= 0.6 is 0 Å². The molecule has 94 valence electrons. The van der Waals surface area contributed by atoms with Crippen LogP contribution in [0.4, 0.5) is 0 Å². The zero-order valence-corrected chi connectivity index (χ0v) is 10.7. The molecule has 0 aromatic heterocycles. The van der Waals surface area contributed by atoms with Crippen molar-refractivity contribution in [1.82, 2.24) is 0 Å². The second kappa shape index (κ2) is 5.19. The molecule has 2 N–H and O–H groups in total. The van der Waals surface area contributed by atoms with Crippen LogP contribution in [0.2, 0.25) is 0 Å². The zero-order chi connectivity index (χ0) is 13.1. The highest BCUT2D eigenvalue weighted by Crippen LogP contribution is 2.30. The van der Waals surface area contributed by atoms with Crippen molar-refractivity contribution in [2.45, 2.75) is 13.8 Å². The smallest absolute Gasteiger partial charge is 0.169 e. The maximum absolute atomic E-state index is 12.2. The van der Waals surface area contributed by atoms with Crippen LogP contribution in [-0.2, 0) is 0 Å². The number of hydrogen-bond donors (Lipinski definition) is 1. The third-order valence-corrected chi connectivity index (χ3v) is 2.77. The fraction of sp³-hybridized carbons (Fsp3) is 0.462. The Morgan fingerprint density at radius 1 is 1.24 bits per heavy atom. The van der Waals surface area contributed by atoms with E-state index in [9.17, 15) is 4.79 Å². The first-order valence-corrected chi connectivity index (χ1v) is 5.43. The second-order valence-corrected chi connectivity index (χ2v) is 4.49. The predicted octanol–water partition coefficient (Wildman–Crippen LogP) is 1.87. The summed E-state index contributed by atoms with van der Waals surface area (Å²) in [6, 6.07) is 5.12. The number of carbonyl (C=O) groups is 1. The lowest BCUT2D eigenvalue weighted by Crippen LogP contribution is -2.32.